The highest BCUT2D eigenvalue weighted by atomic mass is 35.5. The van der Waals surface area contributed by atoms with E-state index in [0.29, 0.717) is 11.6 Å². The largest absolute Gasteiger partial charge is 0.417 e. The van der Waals surface area contributed by atoms with E-state index in [1.807, 2.05) is 0 Å². The van der Waals surface area contributed by atoms with E-state index in [2.05, 4.69) is 9.97 Å². The van der Waals surface area contributed by atoms with Crippen molar-refractivity contribution in [1.82, 2.24) is 15.3 Å². The lowest BCUT2D eigenvalue weighted by Crippen LogP contribution is -2.36. The Hall–Kier alpha value is -2.49. The number of benzene rings is 1. The molecule has 0 radical (unpaired) electrons. The maximum atomic E-state index is 14.7. The summed E-state index contributed by atoms with van der Waals surface area (Å²) in [5.74, 6) is -5.09. The zero-order valence-corrected chi connectivity index (χ0v) is 17.9. The van der Waals surface area contributed by atoms with E-state index in [4.69, 9.17) is 34.8 Å². The third kappa shape index (κ3) is 5.28. The summed E-state index contributed by atoms with van der Waals surface area (Å²) in [7, 11) is 0. The number of carbonyl (C=O) groups is 1. The molecule has 12 heteroatoms. The highest BCUT2D eigenvalue weighted by Crippen LogP contribution is 2.36. The fourth-order valence-electron chi connectivity index (χ4n) is 2.78. The Labute approximate surface area is 193 Å². The van der Waals surface area contributed by atoms with Crippen LogP contribution < -0.4 is 5.32 Å². The lowest BCUT2D eigenvalue weighted by Gasteiger charge is -2.19. The van der Waals surface area contributed by atoms with E-state index in [1.165, 1.54) is 24.3 Å². The Morgan fingerprint density at radius 3 is 2.31 bits per heavy atom. The third-order valence-electron chi connectivity index (χ3n) is 4.26. The number of hydrogen-bond acceptors (Lipinski definition) is 3. The smallest absolute Gasteiger partial charge is 0.346 e. The molecule has 0 fully saturated rings. The molecule has 4 nitrogen and oxygen atoms in total. The number of rotatable bonds is 5. The molecule has 0 bridgehead atoms. The molecule has 32 heavy (non-hydrogen) atoms. The van der Waals surface area contributed by atoms with Gasteiger partial charge in [-0.2, -0.15) is 22.0 Å². The maximum absolute atomic E-state index is 14.7. The monoisotopic (exact) mass is 509 g/mol. The molecule has 168 valence electrons. The van der Waals surface area contributed by atoms with Crippen LogP contribution in [0.2, 0.25) is 15.3 Å². The summed E-state index contributed by atoms with van der Waals surface area (Å²) in [6.07, 6.45) is -3.75. The van der Waals surface area contributed by atoms with Gasteiger partial charge in [-0.05, 0) is 30.3 Å². The summed E-state index contributed by atoms with van der Waals surface area (Å²) >= 11 is 17.7. The Morgan fingerprint density at radius 2 is 1.69 bits per heavy atom. The zero-order chi connectivity index (χ0) is 23.7. The minimum absolute atomic E-state index is 0.00506. The molecule has 3 aromatic rings. The van der Waals surface area contributed by atoms with Crippen LogP contribution in [-0.2, 0) is 12.1 Å². The van der Waals surface area contributed by atoms with E-state index in [0.717, 1.165) is 18.3 Å². The van der Waals surface area contributed by atoms with Crippen LogP contribution >= 0.6 is 34.8 Å². The summed E-state index contributed by atoms with van der Waals surface area (Å²) in [5.41, 5.74) is -2.26. The molecule has 0 unspecified atom stereocenters. The summed E-state index contributed by atoms with van der Waals surface area (Å²) in [6.45, 7) is -1.33. The summed E-state index contributed by atoms with van der Waals surface area (Å²) in [5, 5.41) is 1.50. The second kappa shape index (κ2) is 9.17. The van der Waals surface area contributed by atoms with Crippen molar-refractivity contribution in [3.63, 3.8) is 0 Å². The first-order valence-corrected chi connectivity index (χ1v) is 9.84. The average molecular weight is 511 g/mol. The van der Waals surface area contributed by atoms with Gasteiger partial charge < -0.3 is 5.32 Å². The van der Waals surface area contributed by atoms with Crippen molar-refractivity contribution in [2.75, 3.05) is 6.54 Å². The van der Waals surface area contributed by atoms with Crippen molar-refractivity contribution in [1.29, 1.82) is 0 Å². The predicted octanol–water partition coefficient (Wildman–Crippen LogP) is 6.64. The van der Waals surface area contributed by atoms with Gasteiger partial charge in [0.15, 0.2) is 0 Å². The second-order valence-corrected chi connectivity index (χ2v) is 7.61. The molecule has 0 aliphatic rings. The molecule has 0 saturated heterocycles. The van der Waals surface area contributed by atoms with Crippen LogP contribution in [0.3, 0.4) is 0 Å². The molecule has 2 heterocycles. The number of carbonyl (C=O) groups excluding carboxylic acids is 1. The predicted molar refractivity (Wildman–Crippen MR) is 110 cm³/mol. The van der Waals surface area contributed by atoms with Crippen LogP contribution in [0, 0.1) is 0 Å². The van der Waals surface area contributed by atoms with Gasteiger partial charge >= 0.3 is 12.1 Å². The molecule has 1 aromatic carbocycles. The highest BCUT2D eigenvalue weighted by molar-refractivity contribution is 6.34. The number of amides is 1. The molecule has 0 atom stereocenters. The number of halogens is 8. The van der Waals surface area contributed by atoms with E-state index in [9.17, 15) is 26.7 Å². The lowest BCUT2D eigenvalue weighted by molar-refractivity contribution is -0.137. The van der Waals surface area contributed by atoms with Gasteiger partial charge in [-0.15, -0.1) is 0 Å². The SMILES string of the molecule is O=C(NCC(F)(F)c1ncc(-c2ccc(Cl)nc2Cl)cc1Cl)c1ccccc1C(F)(F)F. The van der Waals surface area contributed by atoms with Crippen LogP contribution in [0.4, 0.5) is 22.0 Å². The summed E-state index contributed by atoms with van der Waals surface area (Å²) < 4.78 is 68.5. The number of nitrogens with one attached hydrogen (secondary N) is 1. The van der Waals surface area contributed by atoms with E-state index < -0.39 is 46.4 Å². The Kier molecular flexibility index (Phi) is 6.92. The first-order chi connectivity index (χ1) is 14.9. The van der Waals surface area contributed by atoms with Crippen molar-refractivity contribution in [3.05, 3.63) is 80.8 Å². The van der Waals surface area contributed by atoms with Crippen molar-refractivity contribution in [3.8, 4) is 11.1 Å². The van der Waals surface area contributed by atoms with Crippen molar-refractivity contribution in [2.24, 2.45) is 0 Å². The zero-order valence-electron chi connectivity index (χ0n) is 15.7. The summed E-state index contributed by atoms with van der Waals surface area (Å²) in [6, 6.07) is 7.96. The number of alkyl halides is 5. The summed E-state index contributed by atoms with van der Waals surface area (Å²) in [4.78, 5) is 19.7. The van der Waals surface area contributed by atoms with Gasteiger partial charge in [-0.1, -0.05) is 46.9 Å². The van der Waals surface area contributed by atoms with E-state index >= 15 is 0 Å². The van der Waals surface area contributed by atoms with Crippen LogP contribution in [0.5, 0.6) is 0 Å². The number of nitrogens with zero attached hydrogens (tertiary/aromatic N) is 2. The first-order valence-electron chi connectivity index (χ1n) is 8.71. The molecule has 0 saturated carbocycles. The lowest BCUT2D eigenvalue weighted by atomic mass is 10.1. The molecule has 0 aliphatic heterocycles. The standard InChI is InChI=1S/C20H11Cl3F5N3O/c21-14-7-10(11-5-6-15(22)31-17(11)23)8-29-16(14)19(24,25)9-30-18(32)12-3-1-2-4-13(12)20(26,27)28/h1-8H,9H2,(H,30,32). The maximum Gasteiger partial charge on any atom is 0.417 e. The Bertz CT molecular complexity index is 1170. The first kappa shape index (κ1) is 24.2. The van der Waals surface area contributed by atoms with Crippen molar-refractivity contribution in [2.45, 2.75) is 12.1 Å². The average Bonchev–Trinajstić information content (AvgIpc) is 2.71. The molecule has 2 aromatic heterocycles. The fourth-order valence-corrected chi connectivity index (χ4v) is 3.54. The third-order valence-corrected chi connectivity index (χ3v) is 5.05. The van der Waals surface area contributed by atoms with Gasteiger partial charge in [0, 0.05) is 17.3 Å². The highest BCUT2D eigenvalue weighted by Gasteiger charge is 2.38. The molecule has 0 aliphatic carbocycles. The second-order valence-electron chi connectivity index (χ2n) is 6.46. The number of hydrogen-bond donors (Lipinski definition) is 1. The van der Waals surface area contributed by atoms with Gasteiger partial charge in [0.2, 0.25) is 0 Å². The van der Waals surface area contributed by atoms with E-state index in [-0.39, 0.29) is 15.9 Å². The van der Waals surface area contributed by atoms with E-state index in [1.54, 1.807) is 5.32 Å². The van der Waals surface area contributed by atoms with Gasteiger partial charge in [0.1, 0.15) is 16.0 Å². The number of pyridine rings is 2. The van der Waals surface area contributed by atoms with Gasteiger partial charge in [0.25, 0.3) is 5.91 Å². The molecule has 0 spiro atoms. The topological polar surface area (TPSA) is 54.9 Å². The van der Waals surface area contributed by atoms with Crippen LogP contribution in [0.25, 0.3) is 11.1 Å². The van der Waals surface area contributed by atoms with Crippen LogP contribution in [-0.4, -0.2) is 22.4 Å². The van der Waals surface area contributed by atoms with Gasteiger partial charge in [-0.25, -0.2) is 4.98 Å². The minimum atomic E-state index is -4.82. The van der Waals surface area contributed by atoms with Crippen LogP contribution in [0.1, 0.15) is 21.6 Å². The normalized spacial score (nSPS) is 12.0. The molecular weight excluding hydrogens is 500 g/mol. The molecule has 1 amide bonds. The van der Waals surface area contributed by atoms with Crippen LogP contribution in [0.15, 0.2) is 48.7 Å². The van der Waals surface area contributed by atoms with Crippen molar-refractivity contribution >= 4 is 40.7 Å². The fraction of sp³-hybridized carbons (Fsp3) is 0.150. The molecular formula is C20H11Cl3F5N3O. The molecule has 3 rings (SSSR count). The quantitative estimate of drug-likeness (QED) is 0.309. The molecule has 1 N–H and O–H groups in total. The van der Waals surface area contributed by atoms with Crippen molar-refractivity contribution < 1.29 is 26.7 Å². The van der Waals surface area contributed by atoms with Gasteiger partial charge in [0.05, 0.1) is 22.7 Å². The Morgan fingerprint density at radius 1 is 1.00 bits per heavy atom. The number of aromatic nitrogens is 2. The Balaban J connectivity index is 1.81. The minimum Gasteiger partial charge on any atom is -0.346 e. The van der Waals surface area contributed by atoms with Gasteiger partial charge in [-0.3, -0.25) is 9.78 Å².